The molecule has 0 unspecified atom stereocenters. The maximum absolute atomic E-state index is 12.5. The van der Waals surface area contributed by atoms with Crippen LogP contribution < -0.4 is 10.6 Å². The van der Waals surface area contributed by atoms with Crippen molar-refractivity contribution >= 4 is 17.5 Å². The first-order valence-corrected chi connectivity index (χ1v) is 8.37. The van der Waals surface area contributed by atoms with E-state index in [0.717, 1.165) is 28.8 Å². The van der Waals surface area contributed by atoms with E-state index in [2.05, 4.69) is 10.6 Å². The Kier molecular flexibility index (Phi) is 6.25. The molecule has 7 heteroatoms. The predicted molar refractivity (Wildman–Crippen MR) is 97.4 cm³/mol. The molecule has 0 radical (unpaired) electrons. The minimum atomic E-state index is -4.41. The first-order valence-electron chi connectivity index (χ1n) is 8.37. The van der Waals surface area contributed by atoms with Crippen LogP contribution in [0.5, 0.6) is 0 Å². The van der Waals surface area contributed by atoms with Crippen LogP contribution in [0.4, 0.5) is 18.9 Å². The van der Waals surface area contributed by atoms with Crippen LogP contribution in [-0.2, 0) is 22.2 Å². The number of alkyl halides is 3. The largest absolute Gasteiger partial charge is 0.416 e. The molecule has 4 nitrogen and oxygen atoms in total. The standard InChI is InChI=1S/C20H21F3N2O2/c1-12-8-13(2)19(14(3)9-12)25-18(27)11-24-17(26)10-15-4-6-16(7-5-15)20(21,22)23/h4-9H,10-11H2,1-3H3,(H,24,26)(H,25,27). The van der Waals surface area contributed by atoms with Gasteiger partial charge in [-0.15, -0.1) is 0 Å². The smallest absolute Gasteiger partial charge is 0.347 e. The number of aryl methyl sites for hydroxylation is 3. The molecule has 0 aliphatic rings. The van der Waals surface area contributed by atoms with Crippen LogP contribution in [0, 0.1) is 20.8 Å². The van der Waals surface area contributed by atoms with E-state index < -0.39 is 17.6 Å². The molecule has 2 amide bonds. The molecule has 0 fully saturated rings. The Balaban J connectivity index is 1.87. The Bertz CT molecular complexity index is 820. The van der Waals surface area contributed by atoms with Gasteiger partial charge >= 0.3 is 6.18 Å². The van der Waals surface area contributed by atoms with E-state index in [0.29, 0.717) is 11.3 Å². The van der Waals surface area contributed by atoms with Gasteiger partial charge in [0.2, 0.25) is 11.8 Å². The van der Waals surface area contributed by atoms with Crippen molar-refractivity contribution in [3.05, 3.63) is 64.2 Å². The highest BCUT2D eigenvalue weighted by atomic mass is 19.4. The lowest BCUT2D eigenvalue weighted by Crippen LogP contribution is -2.34. The lowest BCUT2D eigenvalue weighted by molar-refractivity contribution is -0.137. The van der Waals surface area contributed by atoms with Crippen LogP contribution in [0.15, 0.2) is 36.4 Å². The fourth-order valence-electron chi connectivity index (χ4n) is 2.80. The summed E-state index contributed by atoms with van der Waals surface area (Å²) in [6.07, 6.45) is -4.51. The number of rotatable bonds is 5. The quantitative estimate of drug-likeness (QED) is 0.828. The molecule has 0 spiro atoms. The van der Waals surface area contributed by atoms with Crippen molar-refractivity contribution < 1.29 is 22.8 Å². The first-order chi connectivity index (χ1) is 12.6. The van der Waals surface area contributed by atoms with Crippen molar-refractivity contribution in [2.75, 3.05) is 11.9 Å². The topological polar surface area (TPSA) is 58.2 Å². The molecule has 0 aliphatic carbocycles. The summed E-state index contributed by atoms with van der Waals surface area (Å²) in [6.45, 7) is 5.52. The van der Waals surface area contributed by atoms with Crippen LogP contribution in [0.2, 0.25) is 0 Å². The van der Waals surface area contributed by atoms with E-state index in [-0.39, 0.29) is 18.9 Å². The Morgan fingerprint density at radius 1 is 0.926 bits per heavy atom. The van der Waals surface area contributed by atoms with E-state index in [4.69, 9.17) is 0 Å². The number of hydrogen-bond acceptors (Lipinski definition) is 2. The molecule has 27 heavy (non-hydrogen) atoms. The van der Waals surface area contributed by atoms with Crippen molar-refractivity contribution in [2.24, 2.45) is 0 Å². The highest BCUT2D eigenvalue weighted by Crippen LogP contribution is 2.29. The summed E-state index contributed by atoms with van der Waals surface area (Å²) >= 11 is 0. The molecule has 0 saturated heterocycles. The zero-order chi connectivity index (χ0) is 20.2. The molecule has 0 bridgehead atoms. The predicted octanol–water partition coefficient (Wildman–Crippen LogP) is 3.93. The molecule has 0 atom stereocenters. The highest BCUT2D eigenvalue weighted by Gasteiger charge is 2.29. The number of carbonyl (C=O) groups excluding carboxylic acids is 2. The van der Waals surface area contributed by atoms with Crippen LogP contribution in [0.25, 0.3) is 0 Å². The number of carbonyl (C=O) groups is 2. The van der Waals surface area contributed by atoms with Crippen LogP contribution >= 0.6 is 0 Å². The number of anilines is 1. The van der Waals surface area contributed by atoms with Crippen LogP contribution in [-0.4, -0.2) is 18.4 Å². The SMILES string of the molecule is Cc1cc(C)c(NC(=O)CNC(=O)Cc2ccc(C(F)(F)F)cc2)c(C)c1. The van der Waals surface area contributed by atoms with Crippen molar-refractivity contribution in [3.8, 4) is 0 Å². The fraction of sp³-hybridized carbons (Fsp3) is 0.300. The zero-order valence-electron chi connectivity index (χ0n) is 15.3. The molecule has 0 aliphatic heterocycles. The normalized spacial score (nSPS) is 11.2. The third-order valence-electron chi connectivity index (χ3n) is 4.03. The van der Waals surface area contributed by atoms with E-state index in [9.17, 15) is 22.8 Å². The van der Waals surface area contributed by atoms with Gasteiger partial charge in [-0.3, -0.25) is 9.59 Å². The van der Waals surface area contributed by atoms with Crippen LogP contribution in [0.1, 0.15) is 27.8 Å². The maximum Gasteiger partial charge on any atom is 0.416 e. The second kappa shape index (κ2) is 8.24. The average molecular weight is 378 g/mol. The molecule has 2 rings (SSSR count). The summed E-state index contributed by atoms with van der Waals surface area (Å²) in [5.74, 6) is -0.812. The summed E-state index contributed by atoms with van der Waals surface area (Å²) in [5, 5.41) is 5.24. The maximum atomic E-state index is 12.5. The third kappa shape index (κ3) is 5.84. The number of halogens is 3. The first kappa shape index (κ1) is 20.5. The monoisotopic (exact) mass is 378 g/mol. The molecule has 0 saturated carbocycles. The average Bonchev–Trinajstić information content (AvgIpc) is 2.56. The number of hydrogen-bond donors (Lipinski definition) is 2. The Labute approximate surface area is 155 Å². The molecular weight excluding hydrogens is 357 g/mol. The van der Waals surface area contributed by atoms with Gasteiger partial charge in [0.15, 0.2) is 0 Å². The Morgan fingerprint density at radius 2 is 1.48 bits per heavy atom. The van der Waals surface area contributed by atoms with Crippen molar-refractivity contribution in [2.45, 2.75) is 33.4 Å². The molecule has 2 N–H and O–H groups in total. The van der Waals surface area contributed by atoms with Gasteiger partial charge in [0.25, 0.3) is 0 Å². The lowest BCUT2D eigenvalue weighted by Gasteiger charge is -2.13. The van der Waals surface area contributed by atoms with Gasteiger partial charge in [-0.05, 0) is 49.6 Å². The molecule has 2 aromatic rings. The number of nitrogens with one attached hydrogen (secondary N) is 2. The van der Waals surface area contributed by atoms with E-state index in [1.807, 2.05) is 32.9 Å². The second-order valence-corrected chi connectivity index (χ2v) is 6.47. The highest BCUT2D eigenvalue weighted by molar-refractivity contribution is 5.96. The minimum absolute atomic E-state index is 0.103. The third-order valence-corrected chi connectivity index (χ3v) is 4.03. The summed E-state index contributed by atoms with van der Waals surface area (Å²) in [5.41, 5.74) is 3.32. The van der Waals surface area contributed by atoms with E-state index >= 15 is 0 Å². The molecule has 0 aromatic heterocycles. The van der Waals surface area contributed by atoms with Gasteiger partial charge in [-0.2, -0.15) is 13.2 Å². The Hall–Kier alpha value is -2.83. The van der Waals surface area contributed by atoms with E-state index in [1.165, 1.54) is 12.1 Å². The van der Waals surface area contributed by atoms with Gasteiger partial charge in [-0.25, -0.2) is 0 Å². The van der Waals surface area contributed by atoms with Crippen molar-refractivity contribution in [3.63, 3.8) is 0 Å². The minimum Gasteiger partial charge on any atom is -0.347 e. The molecule has 2 aromatic carbocycles. The van der Waals surface area contributed by atoms with Gasteiger partial charge < -0.3 is 10.6 Å². The summed E-state index contributed by atoms with van der Waals surface area (Å²) in [4.78, 5) is 24.0. The zero-order valence-corrected chi connectivity index (χ0v) is 15.3. The van der Waals surface area contributed by atoms with Gasteiger partial charge in [0.1, 0.15) is 0 Å². The van der Waals surface area contributed by atoms with Gasteiger partial charge in [-0.1, -0.05) is 29.8 Å². The number of amides is 2. The molecule has 0 heterocycles. The Morgan fingerprint density at radius 3 is 2.00 bits per heavy atom. The van der Waals surface area contributed by atoms with Gasteiger partial charge in [0.05, 0.1) is 18.5 Å². The fourth-order valence-corrected chi connectivity index (χ4v) is 2.80. The lowest BCUT2D eigenvalue weighted by atomic mass is 10.1. The van der Waals surface area contributed by atoms with Crippen molar-refractivity contribution in [1.82, 2.24) is 5.32 Å². The molecular formula is C20H21F3N2O2. The summed E-state index contributed by atoms with van der Waals surface area (Å²) in [6, 6.07) is 8.26. The van der Waals surface area contributed by atoms with Gasteiger partial charge in [0, 0.05) is 5.69 Å². The number of benzene rings is 2. The molecule has 144 valence electrons. The summed E-state index contributed by atoms with van der Waals surface area (Å²) < 4.78 is 37.6. The van der Waals surface area contributed by atoms with Crippen LogP contribution in [0.3, 0.4) is 0 Å². The van der Waals surface area contributed by atoms with Crippen molar-refractivity contribution in [1.29, 1.82) is 0 Å². The summed E-state index contributed by atoms with van der Waals surface area (Å²) in [7, 11) is 0. The second-order valence-electron chi connectivity index (χ2n) is 6.47. The van der Waals surface area contributed by atoms with E-state index in [1.54, 1.807) is 0 Å².